The fourth-order valence-electron chi connectivity index (χ4n) is 11.8. The molecule has 3 aliphatic carbocycles. The quantitative estimate of drug-likeness (QED) is 0.0510. The Labute approximate surface area is 466 Å². The van der Waals surface area contributed by atoms with Crippen LogP contribution in [0, 0.1) is 17.3 Å². The molecular formula is C63H82N8O8. The molecule has 16 heteroatoms. The Morgan fingerprint density at radius 3 is 1.75 bits per heavy atom. The fraction of sp³-hybridized carbons (Fsp3) is 0.508. The average molecular weight is 1080 g/mol. The molecule has 1 saturated carbocycles. The molecule has 1 saturated heterocycles. The van der Waals surface area contributed by atoms with Gasteiger partial charge in [0.2, 0.25) is 29.5 Å². The first kappa shape index (κ1) is 58.2. The second-order valence-corrected chi connectivity index (χ2v) is 23.3. The SMILES string of the molecule is CN[C@@H](C)C(=O)N[C@@H](Cc1ccc(OCc2ccc(C(=O)N[C@H]3C[C@@H](C(=O)N[C@@H]4CCCc5ccccc54)N(C(=O)[C@@H](NC(=O)[C@H](C)NC)C(C)(C)C)C3)cc2)cc1)C(=O)[C@@H]1CCCC[C@@H]1C(=O)N[C@@H]1CCCc2ccccc21. The van der Waals surface area contributed by atoms with Gasteiger partial charge in [-0.15, -0.1) is 0 Å². The van der Waals surface area contributed by atoms with Crippen LogP contribution in [-0.4, -0.2) is 103 Å². The van der Waals surface area contributed by atoms with Crippen LogP contribution in [0.3, 0.4) is 0 Å². The zero-order valence-corrected chi connectivity index (χ0v) is 47.1. The van der Waals surface area contributed by atoms with Crippen molar-refractivity contribution in [1.29, 1.82) is 0 Å². The van der Waals surface area contributed by atoms with Crippen LogP contribution in [-0.2, 0) is 54.6 Å². The van der Waals surface area contributed by atoms with Gasteiger partial charge in [0.15, 0.2) is 5.78 Å². The van der Waals surface area contributed by atoms with Gasteiger partial charge in [-0.1, -0.05) is 106 Å². The molecule has 7 N–H and O–H groups in total. The van der Waals surface area contributed by atoms with E-state index in [-0.39, 0.29) is 73.4 Å². The lowest BCUT2D eigenvalue weighted by atomic mass is 9.74. The topological polar surface area (TPSA) is 216 Å². The number of fused-ring (bicyclic) bond motifs is 2. The predicted octanol–water partition coefficient (Wildman–Crippen LogP) is 6.50. The summed E-state index contributed by atoms with van der Waals surface area (Å²) < 4.78 is 6.17. The van der Waals surface area contributed by atoms with Crippen molar-refractivity contribution in [3.05, 3.63) is 136 Å². The highest BCUT2D eigenvalue weighted by Crippen LogP contribution is 2.36. The summed E-state index contributed by atoms with van der Waals surface area (Å²) in [5, 5.41) is 21.5. The third-order valence-corrected chi connectivity index (χ3v) is 16.8. The number of ether oxygens (including phenoxy) is 1. The van der Waals surface area contributed by atoms with Gasteiger partial charge in [-0.05, 0) is 155 Å². The zero-order valence-electron chi connectivity index (χ0n) is 47.1. The molecule has 79 heavy (non-hydrogen) atoms. The van der Waals surface area contributed by atoms with Crippen molar-refractivity contribution < 1.29 is 38.3 Å². The Kier molecular flexibility index (Phi) is 19.4. The molecule has 8 rings (SSSR count). The van der Waals surface area contributed by atoms with E-state index in [1.165, 1.54) is 16.0 Å². The lowest BCUT2D eigenvalue weighted by Gasteiger charge is -2.36. The summed E-state index contributed by atoms with van der Waals surface area (Å²) >= 11 is 0. The molecule has 2 fully saturated rings. The molecule has 1 aliphatic heterocycles. The van der Waals surface area contributed by atoms with E-state index in [1.54, 1.807) is 40.1 Å². The molecule has 16 nitrogen and oxygen atoms in total. The van der Waals surface area contributed by atoms with Gasteiger partial charge in [0, 0.05) is 30.0 Å². The van der Waals surface area contributed by atoms with E-state index < -0.39 is 59.4 Å². The maximum Gasteiger partial charge on any atom is 0.251 e. The van der Waals surface area contributed by atoms with E-state index in [9.17, 15) is 33.6 Å². The monoisotopic (exact) mass is 1080 g/mol. The van der Waals surface area contributed by atoms with E-state index >= 15 is 0 Å². The van der Waals surface area contributed by atoms with Crippen molar-refractivity contribution in [3.63, 3.8) is 0 Å². The highest BCUT2D eigenvalue weighted by molar-refractivity contribution is 5.97. The number of aryl methyl sites for hydroxylation is 2. The van der Waals surface area contributed by atoms with Gasteiger partial charge in [0.05, 0.1) is 30.2 Å². The second kappa shape index (κ2) is 26.4. The largest absolute Gasteiger partial charge is 0.489 e. The van der Waals surface area contributed by atoms with Crippen molar-refractivity contribution in [2.24, 2.45) is 17.3 Å². The number of likely N-dealkylation sites (tertiary alicyclic amines) is 1. The summed E-state index contributed by atoms with van der Waals surface area (Å²) in [5.74, 6) is -2.31. The third-order valence-electron chi connectivity index (χ3n) is 16.8. The maximum atomic E-state index is 14.6. The summed E-state index contributed by atoms with van der Waals surface area (Å²) in [6.07, 6.45) is 8.79. The van der Waals surface area contributed by atoms with Gasteiger partial charge in [-0.2, -0.15) is 0 Å². The third kappa shape index (κ3) is 14.5. The Hall–Kier alpha value is -6.91. The molecule has 4 aromatic rings. The van der Waals surface area contributed by atoms with Gasteiger partial charge in [0.25, 0.3) is 5.91 Å². The van der Waals surface area contributed by atoms with Crippen LogP contribution in [0.2, 0.25) is 0 Å². The Balaban J connectivity index is 0.892. The predicted molar refractivity (Wildman–Crippen MR) is 304 cm³/mol. The van der Waals surface area contributed by atoms with Gasteiger partial charge in [0.1, 0.15) is 24.4 Å². The number of hydrogen-bond donors (Lipinski definition) is 7. The number of hydrogen-bond acceptors (Lipinski definition) is 10. The number of benzene rings is 4. The van der Waals surface area contributed by atoms with E-state index in [4.69, 9.17) is 4.74 Å². The van der Waals surface area contributed by atoms with Gasteiger partial charge in [-0.25, -0.2) is 0 Å². The Bertz CT molecular complexity index is 2810. The molecule has 4 aliphatic rings. The van der Waals surface area contributed by atoms with Gasteiger partial charge >= 0.3 is 0 Å². The highest BCUT2D eigenvalue weighted by Gasteiger charge is 2.46. The maximum absolute atomic E-state index is 14.6. The number of carbonyl (C=O) groups excluding carboxylic acids is 7. The minimum absolute atomic E-state index is 0.0794. The second-order valence-electron chi connectivity index (χ2n) is 23.3. The van der Waals surface area contributed by atoms with Crippen molar-refractivity contribution >= 4 is 41.2 Å². The molecule has 0 radical (unpaired) electrons. The van der Waals surface area contributed by atoms with Crippen LogP contribution < -0.4 is 42.0 Å². The number of likely N-dealkylation sites (N-methyl/N-ethyl adjacent to an activating group) is 2. The molecule has 0 unspecified atom stereocenters. The van der Waals surface area contributed by atoms with Crippen LogP contribution >= 0.6 is 0 Å². The number of nitrogens with zero attached hydrogens (tertiary/aromatic N) is 1. The number of rotatable bonds is 20. The normalized spacial score (nSPS) is 22.3. The molecule has 0 bridgehead atoms. The lowest BCUT2D eigenvalue weighted by molar-refractivity contribution is -0.144. The summed E-state index contributed by atoms with van der Waals surface area (Å²) in [6.45, 7) is 9.37. The summed E-state index contributed by atoms with van der Waals surface area (Å²) in [4.78, 5) is 99.5. The number of carbonyl (C=O) groups is 7. The van der Waals surface area contributed by atoms with E-state index in [2.05, 4.69) is 55.4 Å². The fourth-order valence-corrected chi connectivity index (χ4v) is 11.8. The summed E-state index contributed by atoms with van der Waals surface area (Å²) in [5.41, 5.74) is 6.01. The molecule has 0 aromatic heterocycles. The van der Waals surface area contributed by atoms with Crippen LogP contribution in [0.15, 0.2) is 97.1 Å². The van der Waals surface area contributed by atoms with Crippen LogP contribution in [0.1, 0.15) is 148 Å². The van der Waals surface area contributed by atoms with Crippen LogP contribution in [0.5, 0.6) is 5.75 Å². The minimum atomic E-state index is -0.939. The van der Waals surface area contributed by atoms with Gasteiger partial charge < -0.3 is 46.9 Å². The Morgan fingerprint density at radius 2 is 1.16 bits per heavy atom. The minimum Gasteiger partial charge on any atom is -0.489 e. The molecular weight excluding hydrogens is 997 g/mol. The van der Waals surface area contributed by atoms with E-state index in [1.807, 2.05) is 87.5 Å². The molecule has 1 heterocycles. The molecule has 10 atom stereocenters. The van der Waals surface area contributed by atoms with Crippen molar-refractivity contribution in [1.82, 2.24) is 42.1 Å². The van der Waals surface area contributed by atoms with Gasteiger partial charge in [-0.3, -0.25) is 33.6 Å². The number of nitrogens with one attached hydrogen (secondary N) is 7. The van der Waals surface area contributed by atoms with Crippen LogP contribution in [0.4, 0.5) is 0 Å². The van der Waals surface area contributed by atoms with E-state index in [0.29, 0.717) is 24.2 Å². The number of Topliss-reactive ketones (excluding diaryl/α,β-unsaturated/α-hetero) is 1. The van der Waals surface area contributed by atoms with E-state index in [0.717, 1.165) is 73.6 Å². The molecule has 422 valence electrons. The van der Waals surface area contributed by atoms with Crippen molar-refractivity contribution in [2.75, 3.05) is 20.6 Å². The molecule has 4 aromatic carbocycles. The number of amides is 6. The van der Waals surface area contributed by atoms with Crippen molar-refractivity contribution in [2.45, 2.75) is 167 Å². The average Bonchev–Trinajstić information content (AvgIpc) is 4.06. The highest BCUT2D eigenvalue weighted by atomic mass is 16.5. The van der Waals surface area contributed by atoms with Crippen molar-refractivity contribution in [3.8, 4) is 5.75 Å². The smallest absolute Gasteiger partial charge is 0.251 e. The van der Waals surface area contributed by atoms with Crippen LogP contribution in [0.25, 0.3) is 0 Å². The first-order valence-corrected chi connectivity index (χ1v) is 28.6. The first-order chi connectivity index (χ1) is 37.9. The Morgan fingerprint density at radius 1 is 0.620 bits per heavy atom. The lowest BCUT2D eigenvalue weighted by Crippen LogP contribution is -2.59. The summed E-state index contributed by atoms with van der Waals surface area (Å²) in [7, 11) is 3.37. The molecule has 6 amide bonds. The first-order valence-electron chi connectivity index (χ1n) is 28.6. The summed E-state index contributed by atoms with van der Waals surface area (Å²) in [6, 6.07) is 26.2. The number of ketones is 1. The zero-order chi connectivity index (χ0) is 56.4. The standard InChI is InChI=1S/C63H82N8O8/c1-38(64-6)57(73)69-53(55(72)49-22-12-13-23-50(49)60(76)67-51-24-14-18-42-16-8-10-20-47(42)51)34-40-28-32-46(33-29-40)79-37-41-26-30-44(31-27-41)59(75)66-45-35-54(61(77)68-52-25-15-19-43-17-9-11-21-48(43)52)71(36-45)62(78)56(63(3,4)5)70-58(74)39(2)65-7/h8-11,16-17,20-21,26-33,38-39,45,49-54,56,64-65H,12-15,18-19,22-25,34-37H2,1-7H3,(H,66,75)(H,67,76)(H,68,77)(H,69,73)(H,70,74)/t38-,39-,45-,49+,50-,51+,52+,53-,54-,56+/m0/s1. The molecule has 0 spiro atoms.